The van der Waals surface area contributed by atoms with E-state index in [2.05, 4.69) is 10.3 Å². The molecule has 0 saturated heterocycles. The minimum absolute atomic E-state index is 0.0340. The highest BCUT2D eigenvalue weighted by atomic mass is 19.3. The van der Waals surface area contributed by atoms with Crippen LogP contribution in [0.15, 0.2) is 12.1 Å². The fourth-order valence-corrected chi connectivity index (χ4v) is 1.31. The van der Waals surface area contributed by atoms with Gasteiger partial charge < -0.3 is 10.4 Å². The van der Waals surface area contributed by atoms with Crippen molar-refractivity contribution in [2.75, 3.05) is 11.9 Å². The maximum absolute atomic E-state index is 12.1. The molecule has 0 aliphatic heterocycles. The minimum atomic E-state index is -2.52. The topological polar surface area (TPSA) is 62.2 Å². The molecule has 0 amide bonds. The van der Waals surface area contributed by atoms with Gasteiger partial charge in [0.05, 0.1) is 12.1 Å². The van der Waals surface area contributed by atoms with E-state index >= 15 is 0 Å². The Morgan fingerprint density at radius 3 is 2.50 bits per heavy atom. The molecule has 0 saturated carbocycles. The van der Waals surface area contributed by atoms with Crippen LogP contribution in [0.5, 0.6) is 0 Å². The second kappa shape index (κ2) is 5.29. The monoisotopic (exact) mass is 258 g/mol. The van der Waals surface area contributed by atoms with Crippen molar-refractivity contribution >= 4 is 11.8 Å². The van der Waals surface area contributed by atoms with Gasteiger partial charge in [0, 0.05) is 11.1 Å². The van der Waals surface area contributed by atoms with Gasteiger partial charge in [0.2, 0.25) is 0 Å². The smallest absolute Gasteiger partial charge is 0.335 e. The Balaban J connectivity index is 3.10. The van der Waals surface area contributed by atoms with Gasteiger partial charge in [-0.15, -0.1) is 0 Å². The van der Waals surface area contributed by atoms with Gasteiger partial charge in [0.25, 0.3) is 6.43 Å². The standard InChI is InChI=1S/C12H16F2N2O2/c1-12(2,3)8-4-7(11(17)18)5-10(16-8)15-6-9(13)14/h4-5,9H,6H2,1-3H3,(H,15,16)(H,17,18). The molecular formula is C12H16F2N2O2. The molecule has 1 aromatic heterocycles. The molecule has 1 rings (SSSR count). The summed E-state index contributed by atoms with van der Waals surface area (Å²) in [6, 6.07) is 2.70. The zero-order chi connectivity index (χ0) is 13.9. The first-order valence-corrected chi connectivity index (χ1v) is 5.48. The van der Waals surface area contributed by atoms with E-state index in [1.54, 1.807) is 0 Å². The maximum Gasteiger partial charge on any atom is 0.335 e. The maximum atomic E-state index is 12.1. The molecule has 0 fully saturated rings. The average Bonchev–Trinajstić information content (AvgIpc) is 2.24. The summed E-state index contributed by atoms with van der Waals surface area (Å²) in [7, 11) is 0. The number of rotatable bonds is 4. The fourth-order valence-electron chi connectivity index (χ4n) is 1.31. The summed E-state index contributed by atoms with van der Waals surface area (Å²) in [5.74, 6) is -0.955. The van der Waals surface area contributed by atoms with Crippen molar-refractivity contribution in [2.24, 2.45) is 0 Å². The predicted octanol–water partition coefficient (Wildman–Crippen LogP) is 2.75. The molecule has 0 unspecified atom stereocenters. The third-order valence-electron chi connectivity index (χ3n) is 2.28. The summed E-state index contributed by atoms with van der Waals surface area (Å²) >= 11 is 0. The number of aromatic nitrogens is 1. The molecule has 6 heteroatoms. The van der Waals surface area contributed by atoms with Gasteiger partial charge in [-0.2, -0.15) is 0 Å². The van der Waals surface area contributed by atoms with Crippen molar-refractivity contribution < 1.29 is 18.7 Å². The Morgan fingerprint density at radius 2 is 2.06 bits per heavy atom. The molecule has 4 nitrogen and oxygen atoms in total. The van der Waals surface area contributed by atoms with Gasteiger partial charge in [0.1, 0.15) is 5.82 Å². The van der Waals surface area contributed by atoms with Crippen LogP contribution in [-0.2, 0) is 5.41 Å². The normalized spacial score (nSPS) is 11.7. The van der Waals surface area contributed by atoms with Gasteiger partial charge >= 0.3 is 5.97 Å². The molecule has 0 atom stereocenters. The summed E-state index contributed by atoms with van der Waals surface area (Å²) in [6.07, 6.45) is -2.52. The molecule has 1 aromatic rings. The van der Waals surface area contributed by atoms with E-state index in [1.807, 2.05) is 20.8 Å². The molecular weight excluding hydrogens is 242 g/mol. The van der Waals surface area contributed by atoms with Crippen molar-refractivity contribution in [3.8, 4) is 0 Å². The number of carbonyl (C=O) groups is 1. The van der Waals surface area contributed by atoms with Crippen molar-refractivity contribution in [1.29, 1.82) is 0 Å². The quantitative estimate of drug-likeness (QED) is 0.871. The van der Waals surface area contributed by atoms with Crippen molar-refractivity contribution in [1.82, 2.24) is 4.98 Å². The van der Waals surface area contributed by atoms with Gasteiger partial charge in [-0.1, -0.05) is 20.8 Å². The van der Waals surface area contributed by atoms with Gasteiger partial charge in [-0.25, -0.2) is 18.6 Å². The average molecular weight is 258 g/mol. The first kappa shape index (κ1) is 14.3. The largest absolute Gasteiger partial charge is 0.478 e. The van der Waals surface area contributed by atoms with Crippen LogP contribution in [0.4, 0.5) is 14.6 Å². The number of nitrogens with one attached hydrogen (secondary N) is 1. The van der Waals surface area contributed by atoms with Crippen LogP contribution >= 0.6 is 0 Å². The molecule has 100 valence electrons. The van der Waals surface area contributed by atoms with E-state index in [0.717, 1.165) is 0 Å². The van der Waals surface area contributed by atoms with E-state index in [-0.39, 0.29) is 16.8 Å². The minimum Gasteiger partial charge on any atom is -0.478 e. The second-order valence-electron chi connectivity index (χ2n) is 4.95. The van der Waals surface area contributed by atoms with Gasteiger partial charge in [-0.3, -0.25) is 0 Å². The number of carboxylic acid groups (broad SMARTS) is 1. The number of aromatic carboxylic acids is 1. The van der Waals surface area contributed by atoms with Crippen LogP contribution in [0, 0.1) is 0 Å². The lowest BCUT2D eigenvalue weighted by Gasteiger charge is -2.19. The summed E-state index contributed by atoms with van der Waals surface area (Å²) in [5, 5.41) is 11.4. The predicted molar refractivity (Wildman–Crippen MR) is 64.4 cm³/mol. The number of hydrogen-bond donors (Lipinski definition) is 2. The van der Waals surface area contributed by atoms with Crippen LogP contribution < -0.4 is 5.32 Å². The van der Waals surface area contributed by atoms with Crippen molar-refractivity contribution in [2.45, 2.75) is 32.6 Å². The van der Waals surface area contributed by atoms with E-state index in [1.165, 1.54) is 12.1 Å². The zero-order valence-electron chi connectivity index (χ0n) is 10.5. The van der Waals surface area contributed by atoms with E-state index in [9.17, 15) is 13.6 Å². The lowest BCUT2D eigenvalue weighted by atomic mass is 9.91. The highest BCUT2D eigenvalue weighted by Crippen LogP contribution is 2.23. The van der Waals surface area contributed by atoms with Crippen LogP contribution in [0.3, 0.4) is 0 Å². The number of pyridine rings is 1. The zero-order valence-corrected chi connectivity index (χ0v) is 10.5. The Labute approximate surface area is 104 Å². The Hall–Kier alpha value is -1.72. The fraction of sp³-hybridized carbons (Fsp3) is 0.500. The summed E-state index contributed by atoms with van der Waals surface area (Å²) in [5.41, 5.74) is 0.220. The van der Waals surface area contributed by atoms with Crippen LogP contribution in [-0.4, -0.2) is 29.0 Å². The van der Waals surface area contributed by atoms with E-state index < -0.39 is 18.9 Å². The highest BCUT2D eigenvalue weighted by molar-refractivity contribution is 5.88. The third kappa shape index (κ3) is 3.94. The van der Waals surface area contributed by atoms with E-state index in [0.29, 0.717) is 5.69 Å². The number of halogens is 2. The SMILES string of the molecule is CC(C)(C)c1cc(C(=O)O)cc(NCC(F)F)n1. The molecule has 1 heterocycles. The number of anilines is 1. The van der Waals surface area contributed by atoms with Crippen molar-refractivity contribution in [3.05, 3.63) is 23.4 Å². The summed E-state index contributed by atoms with van der Waals surface area (Å²) in [6.45, 7) is 5.06. The lowest BCUT2D eigenvalue weighted by Crippen LogP contribution is -2.18. The van der Waals surface area contributed by atoms with Gasteiger partial charge in [0.15, 0.2) is 0 Å². The molecule has 0 spiro atoms. The van der Waals surface area contributed by atoms with Crippen LogP contribution in [0.2, 0.25) is 0 Å². The van der Waals surface area contributed by atoms with Crippen LogP contribution in [0.1, 0.15) is 36.8 Å². The Bertz CT molecular complexity index is 442. The summed E-state index contributed by atoms with van der Waals surface area (Å²) < 4.78 is 24.2. The molecule has 2 N–H and O–H groups in total. The molecule has 0 aliphatic rings. The molecule has 0 bridgehead atoms. The van der Waals surface area contributed by atoms with Crippen molar-refractivity contribution in [3.63, 3.8) is 0 Å². The van der Waals surface area contributed by atoms with E-state index in [4.69, 9.17) is 5.11 Å². The second-order valence-corrected chi connectivity index (χ2v) is 4.95. The number of hydrogen-bond acceptors (Lipinski definition) is 3. The summed E-state index contributed by atoms with van der Waals surface area (Å²) in [4.78, 5) is 15.1. The molecule has 0 radical (unpaired) electrons. The lowest BCUT2D eigenvalue weighted by molar-refractivity contribution is 0.0696. The number of nitrogens with zero attached hydrogens (tertiary/aromatic N) is 1. The number of alkyl halides is 2. The first-order chi connectivity index (χ1) is 8.20. The molecule has 0 aliphatic carbocycles. The number of carboxylic acids is 1. The Kier molecular flexibility index (Phi) is 4.21. The first-order valence-electron chi connectivity index (χ1n) is 5.48. The van der Waals surface area contributed by atoms with Gasteiger partial charge in [-0.05, 0) is 12.1 Å². The Morgan fingerprint density at radius 1 is 1.44 bits per heavy atom. The highest BCUT2D eigenvalue weighted by Gasteiger charge is 2.19. The van der Waals surface area contributed by atoms with Crippen LogP contribution in [0.25, 0.3) is 0 Å². The molecule has 18 heavy (non-hydrogen) atoms. The third-order valence-corrected chi connectivity index (χ3v) is 2.28. The molecule has 0 aromatic carbocycles.